The molecule has 0 aliphatic heterocycles. The van der Waals surface area contributed by atoms with E-state index in [0.29, 0.717) is 34.8 Å². The Morgan fingerprint density at radius 3 is 1.20 bits per heavy atom. The molecule has 0 unspecified atom stereocenters. The smallest absolute Gasteiger partial charge is 0.164 e. The van der Waals surface area contributed by atoms with Gasteiger partial charge in [-0.25, -0.2) is 24.9 Å². The first-order chi connectivity index (χ1) is 39.5. The average molecular weight is 1030 g/mol. The summed E-state index contributed by atoms with van der Waals surface area (Å²) in [5, 5.41) is 2.26. The van der Waals surface area contributed by atoms with Crippen LogP contribution in [0.3, 0.4) is 0 Å². The van der Waals surface area contributed by atoms with Gasteiger partial charge in [0.1, 0.15) is 5.84 Å². The van der Waals surface area contributed by atoms with E-state index >= 15 is 0 Å². The minimum absolute atomic E-state index is 0.344. The Morgan fingerprint density at radius 1 is 0.312 bits per heavy atom. The van der Waals surface area contributed by atoms with Gasteiger partial charge in [0.05, 0.1) is 16.7 Å². The highest BCUT2D eigenvalue weighted by Crippen LogP contribution is 2.40. The highest BCUT2D eigenvalue weighted by Gasteiger charge is 2.19. The molecular weight excluding hydrogens is 975 g/mol. The molecule has 0 atom stereocenters. The molecule has 0 saturated heterocycles. The van der Waals surface area contributed by atoms with E-state index < -0.39 is 0 Å². The summed E-state index contributed by atoms with van der Waals surface area (Å²) < 4.78 is 2.42. The van der Waals surface area contributed by atoms with E-state index in [4.69, 9.17) is 30.7 Å². The molecule has 0 amide bonds. The molecular formula is C73H51N7. The lowest BCUT2D eigenvalue weighted by Crippen LogP contribution is -2.16. The van der Waals surface area contributed by atoms with E-state index in [1.807, 2.05) is 133 Å². The van der Waals surface area contributed by atoms with Gasteiger partial charge in [-0.3, -0.25) is 0 Å². The summed E-state index contributed by atoms with van der Waals surface area (Å²) in [6.45, 7) is 4.29. The number of hydrogen-bond acceptors (Lipinski definition) is 4. The van der Waals surface area contributed by atoms with Gasteiger partial charge in [0, 0.05) is 44.3 Å². The van der Waals surface area contributed by atoms with Crippen LogP contribution in [-0.4, -0.2) is 31.2 Å². The molecule has 2 aromatic heterocycles. The van der Waals surface area contributed by atoms with Crippen LogP contribution in [0.15, 0.2) is 302 Å². The van der Waals surface area contributed by atoms with E-state index in [2.05, 4.69) is 163 Å². The second-order valence-electron chi connectivity index (χ2n) is 19.6. The van der Waals surface area contributed by atoms with Crippen molar-refractivity contribution in [2.75, 3.05) is 0 Å². The molecule has 0 saturated carbocycles. The van der Waals surface area contributed by atoms with Crippen molar-refractivity contribution in [3.8, 4) is 84.4 Å². The SMILES string of the molecule is C=C(/N=C(\N=C(/N)c1cccc(-c2ccc3c4ccc(-c5cccc(-c6nc(-c7ccccc7)nc(-c7ccccc7)n6)c5)cc4n(-c4cc(-c5ccccc5)cc(-c5ccccc5)c4)c3c2)c1)c1ccccc1)c1ccccc1. The predicted octanol–water partition coefficient (Wildman–Crippen LogP) is 17.5. The molecule has 0 fully saturated rings. The molecule has 7 nitrogen and oxygen atoms in total. The molecule has 80 heavy (non-hydrogen) atoms. The van der Waals surface area contributed by atoms with Crippen molar-refractivity contribution in [3.63, 3.8) is 0 Å². The zero-order chi connectivity index (χ0) is 53.8. The first-order valence-corrected chi connectivity index (χ1v) is 26.6. The topological polar surface area (TPSA) is 94.3 Å². The Labute approximate surface area is 464 Å². The molecule has 7 heteroatoms. The average Bonchev–Trinajstić information content (AvgIpc) is 4.12. The molecule has 2 N–H and O–H groups in total. The lowest BCUT2D eigenvalue weighted by atomic mass is 9.97. The highest BCUT2D eigenvalue weighted by molar-refractivity contribution is 6.13. The van der Waals surface area contributed by atoms with Gasteiger partial charge in [0.15, 0.2) is 23.3 Å². The Morgan fingerprint density at radius 2 is 0.688 bits per heavy atom. The fraction of sp³-hybridized carbons (Fsp3) is 0. The Balaban J connectivity index is 0.962. The van der Waals surface area contributed by atoms with Gasteiger partial charge in [-0.1, -0.05) is 249 Å². The van der Waals surface area contributed by atoms with Crippen molar-refractivity contribution in [1.82, 2.24) is 19.5 Å². The van der Waals surface area contributed by atoms with Crippen LogP contribution in [0.2, 0.25) is 0 Å². The van der Waals surface area contributed by atoms with Crippen LogP contribution < -0.4 is 5.73 Å². The van der Waals surface area contributed by atoms with Crippen LogP contribution in [-0.2, 0) is 0 Å². The number of hydrogen-bond donors (Lipinski definition) is 1. The quantitative estimate of drug-likeness (QED) is 0.0974. The van der Waals surface area contributed by atoms with Gasteiger partial charge in [0.25, 0.3) is 0 Å². The van der Waals surface area contributed by atoms with E-state index in [1.54, 1.807) is 0 Å². The van der Waals surface area contributed by atoms with Crippen molar-refractivity contribution in [1.29, 1.82) is 0 Å². The number of nitrogens with zero attached hydrogens (tertiary/aromatic N) is 6. The van der Waals surface area contributed by atoms with E-state index in [0.717, 1.165) is 105 Å². The van der Waals surface area contributed by atoms with Crippen molar-refractivity contribution in [3.05, 3.63) is 308 Å². The fourth-order valence-electron chi connectivity index (χ4n) is 10.4. The maximum atomic E-state index is 6.95. The number of rotatable bonds is 12. The Bertz CT molecular complexity index is 4340. The molecule has 13 aromatic rings. The number of benzene rings is 11. The lowest BCUT2D eigenvalue weighted by molar-refractivity contribution is 1.07. The standard InChI is InChI=1S/C73H51N7/c1-49(50-22-8-2-9-23-50)75-70(53-28-14-5-15-29-53)76-69(74)60-36-20-34-56(42-60)58-38-40-65-66-41-39-59(57-35-21-37-61(43-57)73-78-71(54-30-16-6-17-31-54)77-72(79-73)55-32-18-7-19-33-55)48-68(66)80(67(65)47-58)64-45-62(51-24-10-3-11-25-51)44-63(46-64)52-26-12-4-13-27-52/h2-48H,1H2,(H2,74,75,76). The van der Waals surface area contributed by atoms with E-state index in [9.17, 15) is 0 Å². The summed E-state index contributed by atoms with van der Waals surface area (Å²) >= 11 is 0. The molecule has 2 heterocycles. The van der Waals surface area contributed by atoms with E-state index in [-0.39, 0.29) is 0 Å². The molecule has 11 aromatic carbocycles. The van der Waals surface area contributed by atoms with E-state index in [1.165, 1.54) is 0 Å². The Kier molecular flexibility index (Phi) is 13.2. The van der Waals surface area contributed by atoms with Crippen LogP contribution in [0.5, 0.6) is 0 Å². The van der Waals surface area contributed by atoms with Crippen molar-refractivity contribution in [2.45, 2.75) is 0 Å². The fourth-order valence-corrected chi connectivity index (χ4v) is 10.4. The van der Waals surface area contributed by atoms with Gasteiger partial charge >= 0.3 is 0 Å². The summed E-state index contributed by atoms with van der Waals surface area (Å²) in [5.41, 5.74) is 24.6. The third-order valence-corrected chi connectivity index (χ3v) is 14.4. The minimum Gasteiger partial charge on any atom is -0.383 e. The molecule has 0 spiro atoms. The molecule has 0 radical (unpaired) electrons. The van der Waals surface area contributed by atoms with Crippen LogP contribution >= 0.6 is 0 Å². The summed E-state index contributed by atoms with van der Waals surface area (Å²) in [7, 11) is 0. The third-order valence-electron chi connectivity index (χ3n) is 14.4. The lowest BCUT2D eigenvalue weighted by Gasteiger charge is -2.15. The first-order valence-electron chi connectivity index (χ1n) is 26.6. The predicted molar refractivity (Wildman–Crippen MR) is 331 cm³/mol. The van der Waals surface area contributed by atoms with Crippen LogP contribution in [0, 0.1) is 0 Å². The number of aliphatic imine (C=N–C) groups is 2. The number of nitrogens with two attached hydrogens (primary N) is 1. The largest absolute Gasteiger partial charge is 0.383 e. The zero-order valence-electron chi connectivity index (χ0n) is 43.6. The third kappa shape index (κ3) is 10.0. The first kappa shape index (κ1) is 48.7. The van der Waals surface area contributed by atoms with Gasteiger partial charge in [-0.15, -0.1) is 0 Å². The van der Waals surface area contributed by atoms with Gasteiger partial charge in [-0.05, 0) is 92.5 Å². The number of amidine groups is 2. The summed E-state index contributed by atoms with van der Waals surface area (Å²) in [6.07, 6.45) is 0. The van der Waals surface area contributed by atoms with Crippen molar-refractivity contribution < 1.29 is 0 Å². The second kappa shape index (κ2) is 21.6. The van der Waals surface area contributed by atoms with Crippen LogP contribution in [0.4, 0.5) is 0 Å². The normalized spacial score (nSPS) is 11.8. The molecule has 0 aliphatic carbocycles. The Hall–Kier alpha value is -10.9. The summed E-state index contributed by atoms with van der Waals surface area (Å²) in [5.74, 6) is 2.66. The van der Waals surface area contributed by atoms with Crippen molar-refractivity contribution in [2.24, 2.45) is 15.7 Å². The van der Waals surface area contributed by atoms with Crippen molar-refractivity contribution >= 4 is 39.2 Å². The minimum atomic E-state index is 0.344. The van der Waals surface area contributed by atoms with Gasteiger partial charge < -0.3 is 10.3 Å². The molecule has 0 bridgehead atoms. The zero-order valence-corrected chi connectivity index (χ0v) is 43.6. The second-order valence-corrected chi connectivity index (χ2v) is 19.6. The highest BCUT2D eigenvalue weighted by atomic mass is 15.0. The molecule has 13 rings (SSSR count). The molecule has 0 aliphatic rings. The maximum Gasteiger partial charge on any atom is 0.164 e. The van der Waals surface area contributed by atoms with Crippen LogP contribution in [0.25, 0.3) is 112 Å². The summed E-state index contributed by atoms with van der Waals surface area (Å²) in [6, 6.07) is 98.4. The van der Waals surface area contributed by atoms with Gasteiger partial charge in [-0.2, -0.15) is 0 Å². The summed E-state index contributed by atoms with van der Waals surface area (Å²) in [4.78, 5) is 25.0. The van der Waals surface area contributed by atoms with Crippen LogP contribution in [0.1, 0.15) is 16.7 Å². The number of fused-ring (bicyclic) bond motifs is 3. The number of aromatic nitrogens is 4. The maximum absolute atomic E-state index is 6.95. The van der Waals surface area contributed by atoms with Gasteiger partial charge in [0.2, 0.25) is 0 Å². The monoisotopic (exact) mass is 1030 g/mol. The molecule has 378 valence electrons.